The monoisotopic (exact) mass is 336 g/mol. The lowest BCUT2D eigenvalue weighted by atomic mass is 10.2. The molecule has 0 spiro atoms. The Bertz CT molecular complexity index is 758. The molecule has 0 aromatic heterocycles. The molecular weight excluding hydrogens is 316 g/mol. The van der Waals surface area contributed by atoms with Gasteiger partial charge in [0.1, 0.15) is 0 Å². The molecule has 6 nitrogen and oxygen atoms in total. The number of ether oxygens (including phenoxy) is 2. The van der Waals surface area contributed by atoms with E-state index in [-0.39, 0.29) is 4.90 Å². The third kappa shape index (κ3) is 4.14. The fourth-order valence-corrected chi connectivity index (χ4v) is 3.17. The summed E-state index contributed by atoms with van der Waals surface area (Å²) in [6, 6.07) is 11.5. The van der Waals surface area contributed by atoms with Crippen LogP contribution < -0.4 is 19.9 Å². The molecule has 0 fully saturated rings. The predicted octanol–water partition coefficient (Wildman–Crippen LogP) is 2.01. The van der Waals surface area contributed by atoms with Gasteiger partial charge in [-0.25, -0.2) is 8.42 Å². The summed E-state index contributed by atoms with van der Waals surface area (Å²) in [5, 5.41) is 0. The summed E-state index contributed by atoms with van der Waals surface area (Å²) in [6.07, 6.45) is 0.712. The molecule has 0 amide bonds. The van der Waals surface area contributed by atoms with Crippen molar-refractivity contribution in [3.8, 4) is 11.5 Å². The van der Waals surface area contributed by atoms with Gasteiger partial charge in [-0.15, -0.1) is 0 Å². The molecule has 0 radical (unpaired) electrons. The normalized spacial score (nSPS) is 11.1. The summed E-state index contributed by atoms with van der Waals surface area (Å²) < 4.78 is 37.7. The third-order valence-corrected chi connectivity index (χ3v) is 4.70. The Morgan fingerprint density at radius 3 is 2.22 bits per heavy atom. The van der Waals surface area contributed by atoms with Crippen LogP contribution in [0.4, 0.5) is 5.69 Å². The van der Waals surface area contributed by atoms with E-state index >= 15 is 0 Å². The van der Waals surface area contributed by atoms with Crippen molar-refractivity contribution in [1.29, 1.82) is 0 Å². The lowest BCUT2D eigenvalue weighted by molar-refractivity contribution is 0.355. The quantitative estimate of drug-likeness (QED) is 0.807. The van der Waals surface area contributed by atoms with Crippen LogP contribution in [0.25, 0.3) is 0 Å². The Morgan fingerprint density at radius 1 is 1.00 bits per heavy atom. The number of nitrogens with two attached hydrogens (primary N) is 1. The van der Waals surface area contributed by atoms with Crippen molar-refractivity contribution in [3.05, 3.63) is 48.0 Å². The van der Waals surface area contributed by atoms with E-state index in [4.69, 9.17) is 15.2 Å². The van der Waals surface area contributed by atoms with E-state index in [0.717, 1.165) is 5.56 Å². The summed E-state index contributed by atoms with van der Waals surface area (Å²) in [4.78, 5) is 0.188. The smallest absolute Gasteiger partial charge is 0.261 e. The molecule has 0 bridgehead atoms. The van der Waals surface area contributed by atoms with Gasteiger partial charge >= 0.3 is 0 Å². The summed E-state index contributed by atoms with van der Waals surface area (Å²) in [5.41, 5.74) is 6.88. The van der Waals surface area contributed by atoms with Crippen molar-refractivity contribution < 1.29 is 17.9 Å². The van der Waals surface area contributed by atoms with Crippen LogP contribution in [0.3, 0.4) is 0 Å². The highest BCUT2D eigenvalue weighted by atomic mass is 32.2. The van der Waals surface area contributed by atoms with E-state index in [9.17, 15) is 8.42 Å². The van der Waals surface area contributed by atoms with E-state index in [1.165, 1.54) is 14.2 Å². The second kappa shape index (κ2) is 7.34. The molecule has 23 heavy (non-hydrogen) atoms. The molecule has 0 unspecified atom stereocenters. The zero-order valence-corrected chi connectivity index (χ0v) is 13.9. The van der Waals surface area contributed by atoms with Crippen LogP contribution in [0.5, 0.6) is 11.5 Å². The molecule has 2 aromatic carbocycles. The first kappa shape index (κ1) is 17.1. The minimum absolute atomic E-state index is 0.188. The van der Waals surface area contributed by atoms with Gasteiger partial charge in [-0.1, -0.05) is 12.1 Å². The largest absolute Gasteiger partial charge is 0.493 e. The fourth-order valence-electron chi connectivity index (χ4n) is 2.12. The minimum Gasteiger partial charge on any atom is -0.493 e. The van der Waals surface area contributed by atoms with Gasteiger partial charge in [0, 0.05) is 6.07 Å². The molecule has 124 valence electrons. The Balaban J connectivity index is 2.23. The topological polar surface area (TPSA) is 90.7 Å². The van der Waals surface area contributed by atoms with Gasteiger partial charge in [0.05, 0.1) is 24.8 Å². The molecule has 0 saturated carbocycles. The molecule has 0 atom stereocenters. The van der Waals surface area contributed by atoms with Crippen molar-refractivity contribution in [3.63, 3.8) is 0 Å². The van der Waals surface area contributed by atoms with Crippen molar-refractivity contribution in [2.24, 2.45) is 5.73 Å². The Morgan fingerprint density at radius 2 is 1.65 bits per heavy atom. The maximum absolute atomic E-state index is 12.4. The van der Waals surface area contributed by atoms with E-state index < -0.39 is 10.0 Å². The highest BCUT2D eigenvalue weighted by Crippen LogP contribution is 2.30. The van der Waals surface area contributed by atoms with Gasteiger partial charge < -0.3 is 15.2 Å². The Kier molecular flexibility index (Phi) is 5.46. The number of anilines is 1. The van der Waals surface area contributed by atoms with Gasteiger partial charge in [-0.3, -0.25) is 4.72 Å². The number of nitrogens with one attached hydrogen (secondary N) is 1. The van der Waals surface area contributed by atoms with Gasteiger partial charge in [0.15, 0.2) is 11.5 Å². The van der Waals surface area contributed by atoms with E-state index in [0.29, 0.717) is 30.2 Å². The molecule has 7 heteroatoms. The number of methoxy groups -OCH3 is 2. The van der Waals surface area contributed by atoms with Crippen LogP contribution in [-0.2, 0) is 16.4 Å². The highest BCUT2D eigenvalue weighted by Gasteiger charge is 2.15. The molecule has 0 heterocycles. The van der Waals surface area contributed by atoms with E-state index in [1.54, 1.807) is 42.5 Å². The molecule has 0 aliphatic rings. The zero-order chi connectivity index (χ0) is 16.9. The van der Waals surface area contributed by atoms with Crippen molar-refractivity contribution in [2.75, 3.05) is 25.5 Å². The van der Waals surface area contributed by atoms with Gasteiger partial charge in [-0.05, 0) is 42.8 Å². The first-order chi connectivity index (χ1) is 11.0. The molecule has 3 N–H and O–H groups in total. The van der Waals surface area contributed by atoms with Crippen LogP contribution >= 0.6 is 0 Å². The number of hydrogen-bond acceptors (Lipinski definition) is 5. The number of hydrogen-bond donors (Lipinski definition) is 2. The summed E-state index contributed by atoms with van der Waals surface area (Å²) in [6.45, 7) is 0.524. The van der Waals surface area contributed by atoms with Crippen molar-refractivity contribution in [2.45, 2.75) is 11.3 Å². The van der Waals surface area contributed by atoms with Crippen molar-refractivity contribution >= 4 is 15.7 Å². The number of sulfonamides is 1. The summed E-state index contributed by atoms with van der Waals surface area (Å²) in [7, 11) is -0.656. The molecule has 0 saturated heterocycles. The average molecular weight is 336 g/mol. The SMILES string of the molecule is COc1ccc(NS(=O)(=O)c2ccc(CCN)cc2)cc1OC. The van der Waals surface area contributed by atoms with Gasteiger partial charge in [-0.2, -0.15) is 0 Å². The molecule has 0 aliphatic carbocycles. The fraction of sp³-hybridized carbons (Fsp3) is 0.250. The van der Waals surface area contributed by atoms with Crippen LogP contribution in [0, 0.1) is 0 Å². The van der Waals surface area contributed by atoms with E-state index in [1.807, 2.05) is 0 Å². The minimum atomic E-state index is -3.67. The Hall–Kier alpha value is -2.25. The van der Waals surface area contributed by atoms with Crippen LogP contribution in [0.15, 0.2) is 47.4 Å². The average Bonchev–Trinajstić information content (AvgIpc) is 2.55. The molecule has 2 aromatic rings. The number of benzene rings is 2. The van der Waals surface area contributed by atoms with Crippen LogP contribution in [0.1, 0.15) is 5.56 Å². The zero-order valence-electron chi connectivity index (χ0n) is 13.1. The molecular formula is C16H20N2O4S. The Labute approximate surface area is 136 Å². The third-order valence-electron chi connectivity index (χ3n) is 3.30. The first-order valence-electron chi connectivity index (χ1n) is 7.04. The second-order valence-electron chi connectivity index (χ2n) is 4.86. The van der Waals surface area contributed by atoms with Crippen LogP contribution in [-0.4, -0.2) is 29.2 Å². The van der Waals surface area contributed by atoms with Crippen LogP contribution in [0.2, 0.25) is 0 Å². The maximum atomic E-state index is 12.4. The predicted molar refractivity (Wildman–Crippen MR) is 89.6 cm³/mol. The molecule has 0 aliphatic heterocycles. The lowest BCUT2D eigenvalue weighted by Crippen LogP contribution is -2.13. The van der Waals surface area contributed by atoms with Crippen molar-refractivity contribution in [1.82, 2.24) is 0 Å². The lowest BCUT2D eigenvalue weighted by Gasteiger charge is -2.12. The van der Waals surface area contributed by atoms with Gasteiger partial charge in [0.2, 0.25) is 0 Å². The number of rotatable bonds is 7. The summed E-state index contributed by atoms with van der Waals surface area (Å²) in [5.74, 6) is 0.979. The molecule has 2 rings (SSSR count). The first-order valence-corrected chi connectivity index (χ1v) is 8.52. The second-order valence-corrected chi connectivity index (χ2v) is 6.54. The highest BCUT2D eigenvalue weighted by molar-refractivity contribution is 7.92. The maximum Gasteiger partial charge on any atom is 0.261 e. The van der Waals surface area contributed by atoms with Gasteiger partial charge in [0.25, 0.3) is 10.0 Å². The van der Waals surface area contributed by atoms with E-state index in [2.05, 4.69) is 4.72 Å². The standard InChI is InChI=1S/C16H20N2O4S/c1-21-15-8-5-13(11-16(15)22-2)18-23(19,20)14-6-3-12(4-7-14)9-10-17/h3-8,11,18H,9-10,17H2,1-2H3. The summed E-state index contributed by atoms with van der Waals surface area (Å²) >= 11 is 0.